The Kier molecular flexibility index (Phi) is 6.34. The third-order valence-corrected chi connectivity index (χ3v) is 4.49. The Morgan fingerprint density at radius 2 is 2.04 bits per heavy atom. The second-order valence-corrected chi connectivity index (χ2v) is 6.65. The summed E-state index contributed by atoms with van der Waals surface area (Å²) >= 11 is 3.45. The van der Waals surface area contributed by atoms with E-state index in [1.165, 1.54) is 13.2 Å². The summed E-state index contributed by atoms with van der Waals surface area (Å²) in [6.07, 6.45) is 0. The minimum Gasteiger partial charge on any atom is -0.494 e. The first-order chi connectivity index (χ1) is 11.4. The predicted molar refractivity (Wildman–Crippen MR) is 95.9 cm³/mol. The van der Waals surface area contributed by atoms with E-state index in [1.54, 1.807) is 12.1 Å². The summed E-state index contributed by atoms with van der Waals surface area (Å²) in [5, 5.41) is 2.87. The molecular weight excluding hydrogens is 375 g/mol. The van der Waals surface area contributed by atoms with Crippen LogP contribution in [0.2, 0.25) is 0 Å². The monoisotopic (exact) mass is 395 g/mol. The summed E-state index contributed by atoms with van der Waals surface area (Å²) in [6.45, 7) is 2.83. The highest BCUT2D eigenvalue weighted by Gasteiger charge is 2.13. The van der Waals surface area contributed by atoms with Crippen LogP contribution in [0.4, 0.5) is 10.1 Å². The van der Waals surface area contributed by atoms with Gasteiger partial charge >= 0.3 is 0 Å². The van der Waals surface area contributed by atoms with E-state index in [0.29, 0.717) is 13.1 Å². The fourth-order valence-corrected chi connectivity index (χ4v) is 2.76. The quantitative estimate of drug-likeness (QED) is 0.789. The molecule has 0 saturated heterocycles. The average molecular weight is 396 g/mol. The average Bonchev–Trinajstić information content (AvgIpc) is 2.51. The fourth-order valence-electron chi connectivity index (χ4n) is 2.38. The molecule has 0 fully saturated rings. The van der Waals surface area contributed by atoms with Gasteiger partial charge in [0.1, 0.15) is 6.54 Å². The maximum atomic E-state index is 13.7. The number of carbonyl (C=O) groups excluding carboxylic acids is 1. The van der Waals surface area contributed by atoms with E-state index in [9.17, 15) is 9.18 Å². The molecule has 0 bridgehead atoms. The topological polar surface area (TPSA) is 42.8 Å². The van der Waals surface area contributed by atoms with Crippen LogP contribution in [0.15, 0.2) is 40.9 Å². The molecule has 4 nitrogen and oxygen atoms in total. The number of ether oxygens (including phenoxy) is 1. The summed E-state index contributed by atoms with van der Waals surface area (Å²) in [5.74, 6) is -0.256. The van der Waals surface area contributed by atoms with Crippen molar-refractivity contribution in [3.05, 3.63) is 57.8 Å². The van der Waals surface area contributed by atoms with Gasteiger partial charge in [-0.2, -0.15) is 0 Å². The molecule has 2 aromatic carbocycles. The molecule has 1 unspecified atom stereocenters. The molecule has 0 aromatic heterocycles. The Labute approximate surface area is 149 Å². The molecule has 1 atom stereocenters. The Morgan fingerprint density at radius 3 is 2.67 bits per heavy atom. The van der Waals surface area contributed by atoms with Gasteiger partial charge in [-0.15, -0.1) is 0 Å². The molecule has 0 spiro atoms. The number of quaternary nitrogens is 1. The molecule has 0 radical (unpaired) electrons. The van der Waals surface area contributed by atoms with E-state index in [4.69, 9.17) is 4.74 Å². The number of methoxy groups -OCH3 is 1. The number of anilines is 1. The summed E-state index contributed by atoms with van der Waals surface area (Å²) in [7, 11) is 3.33. The number of likely N-dealkylation sites (N-methyl/N-ethyl adjacent to an activating group) is 1. The van der Waals surface area contributed by atoms with Crippen LogP contribution in [-0.4, -0.2) is 26.6 Å². The van der Waals surface area contributed by atoms with Gasteiger partial charge in [-0.1, -0.05) is 22.0 Å². The van der Waals surface area contributed by atoms with E-state index in [1.807, 2.05) is 32.2 Å². The molecule has 0 aliphatic carbocycles. The minimum absolute atomic E-state index is 0.0859. The molecule has 2 aromatic rings. The molecule has 2 N–H and O–H groups in total. The number of aryl methyl sites for hydroxylation is 1. The van der Waals surface area contributed by atoms with E-state index in [0.717, 1.165) is 26.2 Å². The zero-order chi connectivity index (χ0) is 17.7. The first kappa shape index (κ1) is 18.4. The fraction of sp³-hybridized carbons (Fsp3) is 0.278. The molecule has 0 saturated carbocycles. The zero-order valence-corrected chi connectivity index (χ0v) is 15.5. The first-order valence-electron chi connectivity index (χ1n) is 7.58. The number of benzene rings is 2. The summed E-state index contributed by atoms with van der Waals surface area (Å²) in [4.78, 5) is 13.1. The normalized spacial score (nSPS) is 11.9. The van der Waals surface area contributed by atoms with E-state index in [-0.39, 0.29) is 11.7 Å². The van der Waals surface area contributed by atoms with Crippen LogP contribution in [0, 0.1) is 12.7 Å². The van der Waals surface area contributed by atoms with E-state index in [2.05, 4.69) is 21.2 Å². The van der Waals surface area contributed by atoms with Crippen LogP contribution in [0.3, 0.4) is 0 Å². The van der Waals surface area contributed by atoms with Crippen molar-refractivity contribution in [3.63, 3.8) is 0 Å². The van der Waals surface area contributed by atoms with Gasteiger partial charge in [0.05, 0.1) is 14.2 Å². The number of hydrogen-bond donors (Lipinski definition) is 2. The van der Waals surface area contributed by atoms with Crippen LogP contribution >= 0.6 is 15.9 Å². The molecule has 128 valence electrons. The number of halogens is 2. The molecule has 24 heavy (non-hydrogen) atoms. The van der Waals surface area contributed by atoms with Crippen molar-refractivity contribution in [1.29, 1.82) is 0 Å². The van der Waals surface area contributed by atoms with Crippen LogP contribution in [0.1, 0.15) is 11.1 Å². The van der Waals surface area contributed by atoms with Crippen molar-refractivity contribution in [1.82, 2.24) is 0 Å². The van der Waals surface area contributed by atoms with Gasteiger partial charge in [-0.05, 0) is 42.8 Å². The highest BCUT2D eigenvalue weighted by atomic mass is 79.9. The molecule has 2 rings (SSSR count). The van der Waals surface area contributed by atoms with Crippen molar-refractivity contribution in [2.45, 2.75) is 13.5 Å². The van der Waals surface area contributed by atoms with Crippen LogP contribution in [0.5, 0.6) is 5.75 Å². The van der Waals surface area contributed by atoms with Crippen LogP contribution in [0.25, 0.3) is 0 Å². The predicted octanol–water partition coefficient (Wildman–Crippen LogP) is 2.56. The van der Waals surface area contributed by atoms with Crippen molar-refractivity contribution >= 4 is 27.5 Å². The van der Waals surface area contributed by atoms with Crippen LogP contribution in [-0.2, 0) is 11.3 Å². The van der Waals surface area contributed by atoms with Gasteiger partial charge < -0.3 is 15.0 Å². The SMILES string of the molecule is COc1ccc(C[NH+](C)CC(=O)Nc2ccc(C)c(Br)c2)cc1F. The third-order valence-electron chi connectivity index (χ3n) is 3.64. The van der Waals surface area contributed by atoms with E-state index >= 15 is 0 Å². The lowest BCUT2D eigenvalue weighted by molar-refractivity contribution is -0.885. The zero-order valence-electron chi connectivity index (χ0n) is 14.0. The minimum atomic E-state index is -0.392. The molecular formula is C18H21BrFN2O2+. The summed E-state index contributed by atoms with van der Waals surface area (Å²) in [6, 6.07) is 10.5. The number of nitrogens with one attached hydrogen (secondary N) is 2. The Balaban J connectivity index is 1.91. The molecule has 0 heterocycles. The highest BCUT2D eigenvalue weighted by Crippen LogP contribution is 2.20. The Hall–Kier alpha value is -1.92. The first-order valence-corrected chi connectivity index (χ1v) is 8.38. The molecule has 0 aliphatic rings. The second-order valence-electron chi connectivity index (χ2n) is 5.79. The molecule has 0 aliphatic heterocycles. The number of hydrogen-bond acceptors (Lipinski definition) is 2. The second kappa shape index (κ2) is 8.26. The van der Waals surface area contributed by atoms with Gasteiger partial charge in [0.25, 0.3) is 5.91 Å². The van der Waals surface area contributed by atoms with Gasteiger partial charge in [0, 0.05) is 15.7 Å². The Bertz CT molecular complexity index is 737. The summed E-state index contributed by atoms with van der Waals surface area (Å²) in [5.41, 5.74) is 2.68. The van der Waals surface area contributed by atoms with Gasteiger partial charge in [0.2, 0.25) is 0 Å². The highest BCUT2D eigenvalue weighted by molar-refractivity contribution is 9.10. The number of carbonyl (C=O) groups is 1. The lowest BCUT2D eigenvalue weighted by Gasteiger charge is -2.14. The van der Waals surface area contributed by atoms with Crippen molar-refractivity contribution in [2.24, 2.45) is 0 Å². The molecule has 6 heteroatoms. The van der Waals surface area contributed by atoms with Gasteiger partial charge in [0.15, 0.2) is 18.1 Å². The smallest absolute Gasteiger partial charge is 0.279 e. The standard InChI is InChI=1S/C18H20BrFN2O2/c1-12-4-6-14(9-15(12)19)21-18(23)11-22(2)10-13-5-7-17(24-3)16(20)8-13/h4-9H,10-11H2,1-3H3,(H,21,23)/p+1. The largest absolute Gasteiger partial charge is 0.494 e. The van der Waals surface area contributed by atoms with Crippen molar-refractivity contribution in [3.8, 4) is 5.75 Å². The van der Waals surface area contributed by atoms with Gasteiger partial charge in [-0.25, -0.2) is 4.39 Å². The molecule has 1 amide bonds. The lowest BCUT2D eigenvalue weighted by Crippen LogP contribution is -3.08. The summed E-state index contributed by atoms with van der Waals surface area (Å²) < 4.78 is 19.6. The number of rotatable bonds is 6. The van der Waals surface area contributed by atoms with Crippen LogP contribution < -0.4 is 15.0 Å². The van der Waals surface area contributed by atoms with Gasteiger partial charge in [-0.3, -0.25) is 4.79 Å². The van der Waals surface area contributed by atoms with Crippen molar-refractivity contribution < 1.29 is 18.8 Å². The maximum absolute atomic E-state index is 13.7. The Morgan fingerprint density at radius 1 is 1.29 bits per heavy atom. The lowest BCUT2D eigenvalue weighted by atomic mass is 10.2. The maximum Gasteiger partial charge on any atom is 0.279 e. The van der Waals surface area contributed by atoms with Crippen molar-refractivity contribution in [2.75, 3.05) is 26.0 Å². The number of amides is 1. The third kappa shape index (κ3) is 5.04. The van der Waals surface area contributed by atoms with E-state index < -0.39 is 5.82 Å².